The maximum atomic E-state index is 13.4. The third-order valence-electron chi connectivity index (χ3n) is 5.07. The van der Waals surface area contributed by atoms with Crippen molar-refractivity contribution >= 4 is 27.3 Å². The minimum absolute atomic E-state index is 0.0936. The summed E-state index contributed by atoms with van der Waals surface area (Å²) in [4.78, 5) is 12.8. The Bertz CT molecular complexity index is 1230. The Morgan fingerprint density at radius 2 is 1.45 bits per heavy atom. The maximum Gasteiger partial charge on any atom is 0.264 e. The van der Waals surface area contributed by atoms with E-state index in [2.05, 4.69) is 10.5 Å². The van der Waals surface area contributed by atoms with Crippen LogP contribution < -0.4 is 14.5 Å². The number of hydrogen-bond donors (Lipinski definition) is 1. The zero-order valence-corrected chi connectivity index (χ0v) is 19.9. The van der Waals surface area contributed by atoms with Crippen LogP contribution in [0.25, 0.3) is 0 Å². The van der Waals surface area contributed by atoms with Gasteiger partial charge in [-0.25, -0.2) is 13.8 Å². The van der Waals surface area contributed by atoms with Gasteiger partial charge < -0.3 is 4.74 Å². The average molecular weight is 466 g/mol. The Kier molecular flexibility index (Phi) is 7.50. The highest BCUT2D eigenvalue weighted by molar-refractivity contribution is 7.92. The van der Waals surface area contributed by atoms with Gasteiger partial charge in [-0.3, -0.25) is 9.10 Å². The van der Waals surface area contributed by atoms with Gasteiger partial charge in [-0.05, 0) is 62.7 Å². The monoisotopic (exact) mass is 465 g/mol. The van der Waals surface area contributed by atoms with Gasteiger partial charge in [-0.2, -0.15) is 5.10 Å². The summed E-state index contributed by atoms with van der Waals surface area (Å²) in [5.41, 5.74) is 6.33. The number of aryl methyl sites for hydroxylation is 2. The molecule has 0 saturated heterocycles. The molecule has 0 aliphatic heterocycles. The van der Waals surface area contributed by atoms with Crippen molar-refractivity contribution in [3.05, 3.63) is 89.5 Å². The molecule has 1 N–H and O–H groups in total. The predicted molar refractivity (Wildman–Crippen MR) is 130 cm³/mol. The molecule has 172 valence electrons. The van der Waals surface area contributed by atoms with Crippen molar-refractivity contribution < 1.29 is 17.9 Å². The fourth-order valence-corrected chi connectivity index (χ4v) is 4.49. The van der Waals surface area contributed by atoms with Gasteiger partial charge in [0.05, 0.1) is 23.4 Å². The number of methoxy groups -OCH3 is 1. The molecule has 0 spiro atoms. The summed E-state index contributed by atoms with van der Waals surface area (Å²) in [6.07, 6.45) is 0. The van der Waals surface area contributed by atoms with E-state index in [0.29, 0.717) is 17.1 Å². The number of carbonyl (C=O) groups is 1. The summed E-state index contributed by atoms with van der Waals surface area (Å²) in [5, 5.41) is 4.14. The molecule has 0 aromatic heterocycles. The summed E-state index contributed by atoms with van der Waals surface area (Å²) < 4.78 is 33.0. The van der Waals surface area contributed by atoms with Crippen molar-refractivity contribution in [1.29, 1.82) is 0 Å². The molecule has 0 radical (unpaired) electrons. The van der Waals surface area contributed by atoms with Crippen LogP contribution in [0, 0.1) is 13.8 Å². The zero-order valence-electron chi connectivity index (χ0n) is 19.1. The molecule has 3 aromatic carbocycles. The summed E-state index contributed by atoms with van der Waals surface area (Å²) in [6, 6.07) is 20.7. The van der Waals surface area contributed by atoms with Crippen molar-refractivity contribution in [2.24, 2.45) is 5.10 Å². The number of hydrogen-bond acceptors (Lipinski definition) is 5. The topological polar surface area (TPSA) is 88.1 Å². The summed E-state index contributed by atoms with van der Waals surface area (Å²) in [6.45, 7) is 5.20. The molecule has 0 bridgehead atoms. The number of benzene rings is 3. The van der Waals surface area contributed by atoms with Crippen LogP contribution in [-0.2, 0) is 14.8 Å². The van der Waals surface area contributed by atoms with Crippen molar-refractivity contribution in [1.82, 2.24) is 5.43 Å². The summed E-state index contributed by atoms with van der Waals surface area (Å²) in [5.74, 6) is 0.0159. The van der Waals surface area contributed by atoms with E-state index < -0.39 is 22.5 Å². The van der Waals surface area contributed by atoms with Gasteiger partial charge in [0.1, 0.15) is 12.3 Å². The van der Waals surface area contributed by atoms with E-state index in [4.69, 9.17) is 4.74 Å². The number of rotatable bonds is 8. The molecule has 3 rings (SSSR count). The van der Waals surface area contributed by atoms with Crippen LogP contribution in [0.1, 0.15) is 23.6 Å². The summed E-state index contributed by atoms with van der Waals surface area (Å²) >= 11 is 0. The molecule has 7 nitrogen and oxygen atoms in total. The first-order valence-electron chi connectivity index (χ1n) is 10.3. The predicted octanol–water partition coefficient (Wildman–Crippen LogP) is 4.05. The molecule has 8 heteroatoms. The Morgan fingerprint density at radius 3 is 2.00 bits per heavy atom. The number of hydrazone groups is 1. The second-order valence-electron chi connectivity index (χ2n) is 7.62. The second-order valence-corrected chi connectivity index (χ2v) is 9.48. The van der Waals surface area contributed by atoms with Crippen LogP contribution in [0.15, 0.2) is 82.8 Å². The number of nitrogens with zero attached hydrogens (tertiary/aromatic N) is 2. The number of sulfonamides is 1. The smallest absolute Gasteiger partial charge is 0.264 e. The molecule has 0 fully saturated rings. The Morgan fingerprint density at radius 1 is 0.909 bits per heavy atom. The van der Waals surface area contributed by atoms with Crippen LogP contribution in [0.5, 0.6) is 5.75 Å². The lowest BCUT2D eigenvalue weighted by atomic mass is 10.1. The normalized spacial score (nSPS) is 11.7. The van der Waals surface area contributed by atoms with E-state index in [1.54, 1.807) is 43.3 Å². The van der Waals surface area contributed by atoms with E-state index in [1.807, 2.05) is 38.1 Å². The van der Waals surface area contributed by atoms with Crippen molar-refractivity contribution in [2.45, 2.75) is 25.7 Å². The third kappa shape index (κ3) is 5.98. The van der Waals surface area contributed by atoms with Gasteiger partial charge in [0.2, 0.25) is 0 Å². The first kappa shape index (κ1) is 24.0. The molecule has 0 atom stereocenters. The number of carbonyl (C=O) groups excluding carboxylic acids is 1. The fourth-order valence-electron chi connectivity index (χ4n) is 3.07. The Balaban J connectivity index is 1.87. The maximum absolute atomic E-state index is 13.4. The van der Waals surface area contributed by atoms with Crippen molar-refractivity contribution in [3.63, 3.8) is 0 Å². The molecule has 0 unspecified atom stereocenters. The molecule has 0 heterocycles. The van der Waals surface area contributed by atoms with Crippen LogP contribution in [0.3, 0.4) is 0 Å². The van der Waals surface area contributed by atoms with Gasteiger partial charge in [-0.15, -0.1) is 0 Å². The highest BCUT2D eigenvalue weighted by Gasteiger charge is 2.27. The molecular formula is C25H27N3O4S. The van der Waals surface area contributed by atoms with E-state index in [1.165, 1.54) is 19.2 Å². The van der Waals surface area contributed by atoms with E-state index in [9.17, 15) is 13.2 Å². The van der Waals surface area contributed by atoms with Crippen LogP contribution in [0.4, 0.5) is 5.69 Å². The lowest BCUT2D eigenvalue weighted by molar-refractivity contribution is -0.119. The minimum Gasteiger partial charge on any atom is -0.497 e. The van der Waals surface area contributed by atoms with E-state index in [0.717, 1.165) is 21.0 Å². The van der Waals surface area contributed by atoms with Crippen LogP contribution >= 0.6 is 0 Å². The number of anilines is 1. The van der Waals surface area contributed by atoms with Crippen LogP contribution in [-0.4, -0.2) is 33.7 Å². The van der Waals surface area contributed by atoms with Gasteiger partial charge in [0.15, 0.2) is 0 Å². The van der Waals surface area contributed by atoms with Gasteiger partial charge >= 0.3 is 0 Å². The first-order valence-corrected chi connectivity index (χ1v) is 11.8. The highest BCUT2D eigenvalue weighted by Crippen LogP contribution is 2.26. The van der Waals surface area contributed by atoms with Gasteiger partial charge in [0, 0.05) is 0 Å². The first-order chi connectivity index (χ1) is 15.7. The lowest BCUT2D eigenvalue weighted by Crippen LogP contribution is -2.39. The second kappa shape index (κ2) is 10.3. The molecule has 3 aromatic rings. The molecule has 0 aliphatic rings. The highest BCUT2D eigenvalue weighted by atomic mass is 32.2. The average Bonchev–Trinajstić information content (AvgIpc) is 2.81. The Labute approximate surface area is 194 Å². The summed E-state index contributed by atoms with van der Waals surface area (Å²) in [7, 11) is -2.47. The van der Waals surface area contributed by atoms with Crippen molar-refractivity contribution in [3.8, 4) is 5.75 Å². The zero-order chi connectivity index (χ0) is 24.0. The molecule has 1 amide bonds. The Hall–Kier alpha value is -3.65. The number of amides is 1. The quantitative estimate of drug-likeness (QED) is 0.402. The molecule has 0 aliphatic carbocycles. The third-order valence-corrected chi connectivity index (χ3v) is 6.86. The van der Waals surface area contributed by atoms with Gasteiger partial charge in [0.25, 0.3) is 15.9 Å². The molecule has 33 heavy (non-hydrogen) atoms. The number of nitrogens with one attached hydrogen (secondary N) is 1. The van der Waals surface area contributed by atoms with E-state index in [-0.39, 0.29) is 4.90 Å². The minimum atomic E-state index is -4.00. The molecule has 0 saturated carbocycles. The largest absolute Gasteiger partial charge is 0.497 e. The lowest BCUT2D eigenvalue weighted by Gasteiger charge is -2.24. The molecular weight excluding hydrogens is 438 g/mol. The van der Waals surface area contributed by atoms with Crippen LogP contribution in [0.2, 0.25) is 0 Å². The van der Waals surface area contributed by atoms with Gasteiger partial charge in [-0.1, -0.05) is 47.5 Å². The SMILES string of the molecule is COc1ccc(N(CC(=O)N/N=C(/C)c2ccc(C)cc2)S(=O)(=O)c2ccc(C)cc2)cc1. The van der Waals surface area contributed by atoms with E-state index >= 15 is 0 Å². The fraction of sp³-hybridized carbons (Fsp3) is 0.200. The standard InChI is InChI=1S/C25H27N3O4S/c1-18-5-9-21(10-6-18)20(3)26-27-25(29)17-28(22-11-13-23(32-4)14-12-22)33(30,31)24-15-7-19(2)8-16-24/h5-16H,17H2,1-4H3,(H,27,29)/b26-20-. The van der Waals surface area contributed by atoms with Crippen molar-refractivity contribution in [2.75, 3.05) is 18.0 Å². The number of ether oxygens (including phenoxy) is 1.